The number of rotatable bonds is 12. The molecule has 224 valence electrons. The number of methoxy groups -OCH3 is 1. The van der Waals surface area contributed by atoms with Gasteiger partial charge in [0.1, 0.15) is 18.3 Å². The third-order valence-electron chi connectivity index (χ3n) is 7.51. The lowest BCUT2D eigenvalue weighted by Gasteiger charge is -2.34. The fourth-order valence-electron chi connectivity index (χ4n) is 5.35. The zero-order chi connectivity index (χ0) is 30.3. The van der Waals surface area contributed by atoms with Crippen molar-refractivity contribution in [2.24, 2.45) is 0 Å². The van der Waals surface area contributed by atoms with Gasteiger partial charge in [0.2, 0.25) is 21.8 Å². The van der Waals surface area contributed by atoms with Crippen LogP contribution in [0.4, 0.5) is 5.69 Å². The Balaban J connectivity index is 1.73. The Bertz CT molecular complexity index is 1490. The number of amides is 2. The predicted octanol–water partition coefficient (Wildman–Crippen LogP) is 5.12. The molecule has 1 aliphatic carbocycles. The highest BCUT2D eigenvalue weighted by Gasteiger charge is 2.34. The molecule has 1 fully saturated rings. The van der Waals surface area contributed by atoms with E-state index in [2.05, 4.69) is 5.32 Å². The minimum atomic E-state index is -3.90. The van der Waals surface area contributed by atoms with E-state index in [-0.39, 0.29) is 35.6 Å². The molecule has 10 heteroatoms. The van der Waals surface area contributed by atoms with Crippen molar-refractivity contribution < 1.29 is 22.7 Å². The topological polar surface area (TPSA) is 96.0 Å². The van der Waals surface area contributed by atoms with Crippen LogP contribution in [0.1, 0.15) is 42.4 Å². The van der Waals surface area contributed by atoms with Gasteiger partial charge < -0.3 is 15.0 Å². The molecule has 3 aromatic rings. The Hall–Kier alpha value is -3.56. The van der Waals surface area contributed by atoms with E-state index in [1.807, 2.05) is 61.5 Å². The Kier molecular flexibility index (Phi) is 10.5. The lowest BCUT2D eigenvalue weighted by Crippen LogP contribution is -2.54. The number of hydrogen-bond acceptors (Lipinski definition) is 5. The van der Waals surface area contributed by atoms with Crippen molar-refractivity contribution in [3.63, 3.8) is 0 Å². The van der Waals surface area contributed by atoms with Crippen LogP contribution in [-0.2, 0) is 32.6 Å². The van der Waals surface area contributed by atoms with Gasteiger partial charge in [0.25, 0.3) is 0 Å². The standard InChI is InChI=1S/C32H38ClN3O5S/c1-23-10-9-13-25(18-23)21-35(29(19-24-11-5-4-6-12-24)32(38)34-26-14-7-8-15-26)31(37)22-36(42(3,39)40)27-16-17-30(41-2)28(33)20-27/h4-6,9-13,16-18,20,26,29H,7-8,14-15,19,21-22H2,1-3H3,(H,34,38). The molecule has 1 aliphatic rings. The molecule has 0 aliphatic heterocycles. The first-order chi connectivity index (χ1) is 20.0. The molecule has 3 aromatic carbocycles. The maximum absolute atomic E-state index is 14.2. The van der Waals surface area contributed by atoms with Crippen molar-refractivity contribution in [3.05, 3.63) is 94.5 Å². The van der Waals surface area contributed by atoms with Crippen molar-refractivity contribution in [3.8, 4) is 5.75 Å². The number of halogens is 1. The van der Waals surface area contributed by atoms with E-state index in [1.54, 1.807) is 6.07 Å². The number of hydrogen-bond donors (Lipinski definition) is 1. The quantitative estimate of drug-likeness (QED) is 0.307. The molecule has 42 heavy (non-hydrogen) atoms. The maximum atomic E-state index is 14.2. The van der Waals surface area contributed by atoms with Gasteiger partial charge in [-0.1, -0.05) is 84.6 Å². The zero-order valence-corrected chi connectivity index (χ0v) is 25.8. The van der Waals surface area contributed by atoms with Crippen LogP contribution in [-0.4, -0.2) is 57.1 Å². The second-order valence-electron chi connectivity index (χ2n) is 10.8. The first kappa shape index (κ1) is 31.4. The summed E-state index contributed by atoms with van der Waals surface area (Å²) in [6, 6.07) is 21.0. The van der Waals surface area contributed by atoms with Gasteiger partial charge in [-0.25, -0.2) is 8.42 Å². The minimum Gasteiger partial charge on any atom is -0.495 e. The van der Waals surface area contributed by atoms with Crippen molar-refractivity contribution in [1.82, 2.24) is 10.2 Å². The van der Waals surface area contributed by atoms with Crippen LogP contribution < -0.4 is 14.4 Å². The smallest absolute Gasteiger partial charge is 0.244 e. The van der Waals surface area contributed by atoms with E-state index < -0.39 is 28.5 Å². The first-order valence-electron chi connectivity index (χ1n) is 14.1. The van der Waals surface area contributed by atoms with Gasteiger partial charge in [-0.3, -0.25) is 13.9 Å². The van der Waals surface area contributed by atoms with Gasteiger partial charge >= 0.3 is 0 Å². The number of aryl methyl sites for hydroxylation is 1. The minimum absolute atomic E-state index is 0.0562. The van der Waals surface area contributed by atoms with Gasteiger partial charge in [-0.15, -0.1) is 0 Å². The Morgan fingerprint density at radius 1 is 1.00 bits per heavy atom. The molecule has 1 atom stereocenters. The van der Waals surface area contributed by atoms with E-state index >= 15 is 0 Å². The van der Waals surface area contributed by atoms with Gasteiger partial charge in [0.15, 0.2) is 0 Å². The molecule has 0 aromatic heterocycles. The van der Waals surface area contributed by atoms with Gasteiger partial charge in [-0.05, 0) is 49.1 Å². The normalized spacial score (nSPS) is 14.3. The van der Waals surface area contributed by atoms with Crippen molar-refractivity contribution in [1.29, 1.82) is 0 Å². The Labute approximate surface area is 253 Å². The molecule has 8 nitrogen and oxygen atoms in total. The summed E-state index contributed by atoms with van der Waals surface area (Å²) < 4.78 is 32.2. The highest BCUT2D eigenvalue weighted by molar-refractivity contribution is 7.92. The highest BCUT2D eigenvalue weighted by atomic mass is 35.5. The number of carbonyl (C=O) groups excluding carboxylic acids is 2. The maximum Gasteiger partial charge on any atom is 0.244 e. The third kappa shape index (κ3) is 8.26. The third-order valence-corrected chi connectivity index (χ3v) is 8.95. The summed E-state index contributed by atoms with van der Waals surface area (Å²) in [6.45, 7) is 1.59. The molecule has 0 spiro atoms. The lowest BCUT2D eigenvalue weighted by molar-refractivity contribution is -0.140. The van der Waals surface area contributed by atoms with E-state index in [4.69, 9.17) is 16.3 Å². The molecular weight excluding hydrogens is 574 g/mol. The second kappa shape index (κ2) is 14.1. The van der Waals surface area contributed by atoms with Crippen LogP contribution >= 0.6 is 11.6 Å². The molecule has 1 unspecified atom stereocenters. The molecule has 0 radical (unpaired) electrons. The summed E-state index contributed by atoms with van der Waals surface area (Å²) in [5.74, 6) is -0.366. The molecule has 1 N–H and O–H groups in total. The van der Waals surface area contributed by atoms with Crippen molar-refractivity contribution in [2.45, 2.75) is 57.7 Å². The summed E-state index contributed by atoms with van der Waals surface area (Å²) in [7, 11) is -2.44. The van der Waals surface area contributed by atoms with Gasteiger partial charge in [0.05, 0.1) is 24.1 Å². The van der Waals surface area contributed by atoms with Crippen LogP contribution in [0.15, 0.2) is 72.8 Å². The predicted molar refractivity (Wildman–Crippen MR) is 166 cm³/mol. The number of carbonyl (C=O) groups is 2. The van der Waals surface area contributed by atoms with Gasteiger partial charge in [-0.2, -0.15) is 0 Å². The molecule has 4 rings (SSSR count). The Morgan fingerprint density at radius 2 is 1.69 bits per heavy atom. The number of nitrogens with zero attached hydrogens (tertiary/aromatic N) is 2. The fourth-order valence-corrected chi connectivity index (χ4v) is 6.45. The molecule has 0 heterocycles. The van der Waals surface area contributed by atoms with Crippen LogP contribution in [0.3, 0.4) is 0 Å². The summed E-state index contributed by atoms with van der Waals surface area (Å²) >= 11 is 6.31. The number of nitrogens with one attached hydrogen (secondary N) is 1. The van der Waals surface area contributed by atoms with E-state index in [0.29, 0.717) is 5.75 Å². The molecule has 0 bridgehead atoms. The lowest BCUT2D eigenvalue weighted by atomic mass is 10.0. The zero-order valence-electron chi connectivity index (χ0n) is 24.3. The monoisotopic (exact) mass is 611 g/mol. The highest BCUT2D eigenvalue weighted by Crippen LogP contribution is 2.30. The molecule has 0 saturated heterocycles. The average Bonchev–Trinajstić information content (AvgIpc) is 3.46. The van der Waals surface area contributed by atoms with Crippen LogP contribution in [0.2, 0.25) is 5.02 Å². The van der Waals surface area contributed by atoms with Crippen LogP contribution in [0.5, 0.6) is 5.75 Å². The first-order valence-corrected chi connectivity index (χ1v) is 16.3. The van der Waals surface area contributed by atoms with E-state index in [9.17, 15) is 18.0 Å². The molecular formula is C32H38ClN3O5S. The molecule has 2 amide bonds. The summed E-state index contributed by atoms with van der Waals surface area (Å²) in [5, 5.41) is 3.38. The number of anilines is 1. The second-order valence-corrected chi connectivity index (χ2v) is 13.1. The summed E-state index contributed by atoms with van der Waals surface area (Å²) in [4.78, 5) is 29.6. The number of benzene rings is 3. The molecule has 1 saturated carbocycles. The van der Waals surface area contributed by atoms with E-state index in [1.165, 1.54) is 24.1 Å². The van der Waals surface area contributed by atoms with Crippen molar-refractivity contribution in [2.75, 3.05) is 24.2 Å². The Morgan fingerprint density at radius 3 is 2.31 bits per heavy atom. The summed E-state index contributed by atoms with van der Waals surface area (Å²) in [6.07, 6.45) is 5.22. The summed E-state index contributed by atoms with van der Waals surface area (Å²) in [5.41, 5.74) is 2.98. The fraction of sp³-hybridized carbons (Fsp3) is 0.375. The van der Waals surface area contributed by atoms with Crippen LogP contribution in [0, 0.1) is 6.92 Å². The number of ether oxygens (including phenoxy) is 1. The van der Waals surface area contributed by atoms with Crippen LogP contribution in [0.25, 0.3) is 0 Å². The largest absolute Gasteiger partial charge is 0.495 e. The number of sulfonamides is 1. The average molecular weight is 612 g/mol. The van der Waals surface area contributed by atoms with Gasteiger partial charge in [0, 0.05) is 19.0 Å². The SMILES string of the molecule is COc1ccc(N(CC(=O)N(Cc2cccc(C)c2)C(Cc2ccccc2)C(=O)NC2CCCC2)S(C)(=O)=O)cc1Cl. The van der Waals surface area contributed by atoms with E-state index in [0.717, 1.165) is 52.9 Å². The van der Waals surface area contributed by atoms with Crippen molar-refractivity contribution >= 4 is 39.1 Å².